The number of aryl methyl sites for hydroxylation is 1. The van der Waals surface area contributed by atoms with Crippen LogP contribution in [0.3, 0.4) is 0 Å². The van der Waals surface area contributed by atoms with Gasteiger partial charge in [-0.15, -0.1) is 11.3 Å². The summed E-state index contributed by atoms with van der Waals surface area (Å²) in [5.41, 5.74) is 0.644. The molecule has 2 heterocycles. The van der Waals surface area contributed by atoms with Crippen LogP contribution in [-0.4, -0.2) is 36.6 Å². The molecule has 0 spiro atoms. The van der Waals surface area contributed by atoms with E-state index < -0.39 is 30.8 Å². The van der Waals surface area contributed by atoms with Gasteiger partial charge in [0.05, 0.1) is 16.1 Å². The van der Waals surface area contributed by atoms with Gasteiger partial charge in [0.1, 0.15) is 6.54 Å². The highest BCUT2D eigenvalue weighted by molar-refractivity contribution is 7.14. The van der Waals surface area contributed by atoms with E-state index in [0.717, 1.165) is 9.78 Å². The SMILES string of the molecule is Cc1ccc(C(=O)COC(=O)CN2C(=O)C(=O)c3ccccc32)s1. The van der Waals surface area contributed by atoms with E-state index in [1.165, 1.54) is 17.4 Å². The van der Waals surface area contributed by atoms with Gasteiger partial charge in [0.25, 0.3) is 11.7 Å². The summed E-state index contributed by atoms with van der Waals surface area (Å²) in [5.74, 6) is -2.46. The number of esters is 1. The summed E-state index contributed by atoms with van der Waals surface area (Å²) in [5, 5.41) is 0. The van der Waals surface area contributed by atoms with Gasteiger partial charge in [-0.3, -0.25) is 24.1 Å². The largest absolute Gasteiger partial charge is 0.456 e. The standard InChI is InChI=1S/C17H13NO5S/c1-10-6-7-14(24-10)13(19)9-23-15(20)8-18-12-5-3-2-4-11(12)16(21)17(18)22/h2-7H,8-9H2,1H3. The van der Waals surface area contributed by atoms with Crippen LogP contribution in [-0.2, 0) is 14.3 Å². The second-order valence-corrected chi connectivity index (χ2v) is 6.52. The van der Waals surface area contributed by atoms with Gasteiger partial charge in [0.2, 0.25) is 5.78 Å². The van der Waals surface area contributed by atoms with E-state index in [9.17, 15) is 19.2 Å². The first-order valence-corrected chi connectivity index (χ1v) is 7.99. The number of amides is 1. The lowest BCUT2D eigenvalue weighted by Gasteiger charge is -2.15. The molecule has 3 rings (SSSR count). The summed E-state index contributed by atoms with van der Waals surface area (Å²) >= 11 is 1.32. The van der Waals surface area contributed by atoms with Crippen molar-refractivity contribution < 1.29 is 23.9 Å². The average Bonchev–Trinajstić information content (AvgIpc) is 3.11. The van der Waals surface area contributed by atoms with Gasteiger partial charge in [-0.25, -0.2) is 0 Å². The third-order valence-electron chi connectivity index (χ3n) is 3.55. The number of rotatable bonds is 5. The van der Waals surface area contributed by atoms with E-state index in [2.05, 4.69) is 0 Å². The molecule has 0 fully saturated rings. The van der Waals surface area contributed by atoms with Gasteiger partial charge < -0.3 is 4.74 Å². The minimum Gasteiger partial charge on any atom is -0.456 e. The quantitative estimate of drug-likeness (QED) is 0.471. The number of ether oxygens (including phenoxy) is 1. The van der Waals surface area contributed by atoms with Crippen LogP contribution in [0.15, 0.2) is 36.4 Å². The summed E-state index contributed by atoms with van der Waals surface area (Å²) in [6.45, 7) is 1.08. The first-order valence-electron chi connectivity index (χ1n) is 7.18. The molecule has 0 atom stereocenters. The van der Waals surface area contributed by atoms with Crippen LogP contribution in [0.25, 0.3) is 0 Å². The number of anilines is 1. The molecule has 6 nitrogen and oxygen atoms in total. The van der Waals surface area contributed by atoms with Crippen molar-refractivity contribution >= 4 is 40.5 Å². The number of hydrogen-bond acceptors (Lipinski definition) is 6. The Morgan fingerprint density at radius 2 is 1.88 bits per heavy atom. The fourth-order valence-electron chi connectivity index (χ4n) is 2.38. The topological polar surface area (TPSA) is 80.8 Å². The molecule has 0 unspecified atom stereocenters. The predicted molar refractivity (Wildman–Crippen MR) is 87.5 cm³/mol. The molecule has 0 N–H and O–H groups in total. The molecule has 1 aliphatic heterocycles. The number of hydrogen-bond donors (Lipinski definition) is 0. The highest BCUT2D eigenvalue weighted by atomic mass is 32.1. The van der Waals surface area contributed by atoms with Gasteiger partial charge in [0, 0.05) is 4.88 Å². The average molecular weight is 343 g/mol. The summed E-state index contributed by atoms with van der Waals surface area (Å²) in [6.07, 6.45) is 0. The fraction of sp³-hybridized carbons (Fsp3) is 0.176. The van der Waals surface area contributed by atoms with Crippen molar-refractivity contribution in [2.75, 3.05) is 18.1 Å². The van der Waals surface area contributed by atoms with Crippen LogP contribution in [0.5, 0.6) is 0 Å². The van der Waals surface area contributed by atoms with Crippen LogP contribution in [0.4, 0.5) is 5.69 Å². The molecular weight excluding hydrogens is 330 g/mol. The van der Waals surface area contributed by atoms with Gasteiger partial charge >= 0.3 is 5.97 Å². The Morgan fingerprint density at radius 1 is 1.12 bits per heavy atom. The van der Waals surface area contributed by atoms with Gasteiger partial charge in [-0.05, 0) is 31.2 Å². The van der Waals surface area contributed by atoms with Gasteiger partial charge in [-0.1, -0.05) is 12.1 Å². The number of carbonyl (C=O) groups is 4. The van der Waals surface area contributed by atoms with E-state index in [-0.39, 0.29) is 11.3 Å². The van der Waals surface area contributed by atoms with Crippen molar-refractivity contribution in [1.29, 1.82) is 0 Å². The molecule has 1 aromatic heterocycles. The zero-order valence-electron chi connectivity index (χ0n) is 12.8. The molecule has 24 heavy (non-hydrogen) atoms. The number of ketones is 2. The smallest absolute Gasteiger partial charge is 0.326 e. The Kier molecular flexibility index (Phi) is 4.26. The van der Waals surface area contributed by atoms with Crippen molar-refractivity contribution in [2.45, 2.75) is 6.92 Å². The Morgan fingerprint density at radius 3 is 2.58 bits per heavy atom. The first-order chi connectivity index (χ1) is 11.5. The number of Topliss-reactive ketones (excluding diaryl/α,β-unsaturated/α-hetero) is 2. The fourth-order valence-corrected chi connectivity index (χ4v) is 3.17. The second-order valence-electron chi connectivity index (χ2n) is 5.23. The molecule has 1 amide bonds. The zero-order chi connectivity index (χ0) is 17.3. The Labute approximate surface area is 141 Å². The number of thiophene rings is 1. The summed E-state index contributed by atoms with van der Waals surface area (Å²) in [7, 11) is 0. The molecule has 7 heteroatoms. The van der Waals surface area contributed by atoms with Crippen LogP contribution < -0.4 is 4.90 Å². The lowest BCUT2D eigenvalue weighted by Crippen LogP contribution is -2.36. The molecule has 0 radical (unpaired) electrons. The van der Waals surface area contributed by atoms with Crippen LogP contribution >= 0.6 is 11.3 Å². The van der Waals surface area contributed by atoms with E-state index in [4.69, 9.17) is 4.74 Å². The normalized spacial score (nSPS) is 13.1. The summed E-state index contributed by atoms with van der Waals surface area (Å²) in [6, 6.07) is 9.92. The lowest BCUT2D eigenvalue weighted by molar-refractivity contribution is -0.141. The van der Waals surface area contributed by atoms with Crippen molar-refractivity contribution in [1.82, 2.24) is 0 Å². The predicted octanol–water partition coefficient (Wildman–Crippen LogP) is 2.01. The number of nitrogens with zero attached hydrogens (tertiary/aromatic N) is 1. The Bertz CT molecular complexity index is 854. The van der Waals surface area contributed by atoms with Gasteiger partial charge in [-0.2, -0.15) is 0 Å². The molecular formula is C17H13NO5S. The minimum absolute atomic E-state index is 0.264. The molecule has 2 aromatic rings. The Hall–Kier alpha value is -2.80. The highest BCUT2D eigenvalue weighted by Gasteiger charge is 2.36. The van der Waals surface area contributed by atoms with Crippen LogP contribution in [0, 0.1) is 6.92 Å². The maximum Gasteiger partial charge on any atom is 0.326 e. The van der Waals surface area contributed by atoms with Crippen molar-refractivity contribution in [3.8, 4) is 0 Å². The van der Waals surface area contributed by atoms with Gasteiger partial charge in [0.15, 0.2) is 6.61 Å². The molecule has 0 saturated heterocycles. The maximum absolute atomic E-state index is 12.0. The molecule has 122 valence electrons. The third-order valence-corrected chi connectivity index (χ3v) is 4.59. The third kappa shape index (κ3) is 2.98. The van der Waals surface area contributed by atoms with Crippen molar-refractivity contribution in [3.63, 3.8) is 0 Å². The van der Waals surface area contributed by atoms with Crippen molar-refractivity contribution in [3.05, 3.63) is 51.7 Å². The summed E-state index contributed by atoms with van der Waals surface area (Å²) in [4.78, 5) is 50.2. The van der Waals surface area contributed by atoms with E-state index in [0.29, 0.717) is 10.6 Å². The number of carbonyl (C=O) groups excluding carboxylic acids is 4. The number of benzene rings is 1. The maximum atomic E-state index is 12.0. The summed E-state index contributed by atoms with van der Waals surface area (Å²) < 4.78 is 4.94. The number of para-hydroxylation sites is 1. The van der Waals surface area contributed by atoms with E-state index in [1.54, 1.807) is 24.3 Å². The van der Waals surface area contributed by atoms with E-state index in [1.807, 2.05) is 13.0 Å². The monoisotopic (exact) mass is 343 g/mol. The molecule has 0 saturated carbocycles. The molecule has 0 bridgehead atoms. The zero-order valence-corrected chi connectivity index (χ0v) is 13.6. The number of fused-ring (bicyclic) bond motifs is 1. The highest BCUT2D eigenvalue weighted by Crippen LogP contribution is 2.28. The van der Waals surface area contributed by atoms with Crippen LogP contribution in [0.2, 0.25) is 0 Å². The van der Waals surface area contributed by atoms with Crippen molar-refractivity contribution in [2.24, 2.45) is 0 Å². The Balaban J connectivity index is 1.62. The molecule has 0 aliphatic carbocycles. The van der Waals surface area contributed by atoms with Crippen LogP contribution in [0.1, 0.15) is 24.9 Å². The first kappa shape index (κ1) is 16.1. The lowest BCUT2D eigenvalue weighted by atomic mass is 10.1. The minimum atomic E-state index is -0.770. The second kappa shape index (κ2) is 6.37. The van der Waals surface area contributed by atoms with E-state index >= 15 is 0 Å². The molecule has 1 aromatic carbocycles. The molecule has 1 aliphatic rings.